The summed E-state index contributed by atoms with van der Waals surface area (Å²) in [6.45, 7) is 4.02. The lowest BCUT2D eigenvalue weighted by Crippen LogP contribution is -2.29. The van der Waals surface area contributed by atoms with Gasteiger partial charge in [-0.25, -0.2) is 5.48 Å². The molecule has 1 aliphatic heterocycles. The smallest absolute Gasteiger partial charge is 0.275 e. The maximum atomic E-state index is 12.2. The molecule has 0 radical (unpaired) electrons. The minimum absolute atomic E-state index is 0.137. The molecule has 0 bridgehead atoms. The van der Waals surface area contributed by atoms with Crippen LogP contribution in [-0.4, -0.2) is 30.8 Å². The molecule has 0 fully saturated rings. The molecule has 6 nitrogen and oxygen atoms in total. The quantitative estimate of drug-likeness (QED) is 0.819. The van der Waals surface area contributed by atoms with Crippen molar-refractivity contribution in [2.75, 3.05) is 13.7 Å². The van der Waals surface area contributed by atoms with Crippen molar-refractivity contribution in [2.45, 2.75) is 32.5 Å². The molecule has 1 aliphatic rings. The number of rotatable bonds is 4. The summed E-state index contributed by atoms with van der Waals surface area (Å²) in [5.74, 6) is 0.531. The van der Waals surface area contributed by atoms with E-state index in [-0.39, 0.29) is 6.10 Å². The largest absolute Gasteiger partial charge is 0.497 e. The third-order valence-corrected chi connectivity index (χ3v) is 2.97. The van der Waals surface area contributed by atoms with E-state index in [0.717, 1.165) is 0 Å². The van der Waals surface area contributed by atoms with E-state index >= 15 is 0 Å². The van der Waals surface area contributed by atoms with E-state index in [1.54, 1.807) is 26.0 Å². The Morgan fingerprint density at radius 1 is 1.50 bits per heavy atom. The molecule has 1 aromatic rings. The third-order valence-electron chi connectivity index (χ3n) is 2.97. The number of fused-ring (bicyclic) bond motifs is 1. The van der Waals surface area contributed by atoms with E-state index in [0.29, 0.717) is 35.7 Å². The molecule has 110 valence electrons. The second-order valence-corrected chi connectivity index (χ2v) is 4.84. The van der Waals surface area contributed by atoms with Crippen LogP contribution in [0.15, 0.2) is 12.1 Å². The highest BCUT2D eigenvalue weighted by molar-refractivity contribution is 5.96. The number of aliphatic hydroxyl groups excluding tert-OH is 1. The summed E-state index contributed by atoms with van der Waals surface area (Å²) >= 11 is 0. The first-order valence-electron chi connectivity index (χ1n) is 6.51. The Labute approximate surface area is 117 Å². The number of hydrogen-bond donors (Lipinski definition) is 2. The monoisotopic (exact) mass is 281 g/mol. The van der Waals surface area contributed by atoms with Crippen molar-refractivity contribution in [1.82, 2.24) is 5.48 Å². The Balaban J connectivity index is 2.37. The third kappa shape index (κ3) is 3.02. The standard InChI is InChI=1S/C14H19NO5/c1-8(2)20-15-14(17)10-6-9(18-3)7-12-13(10)11(16)4-5-19-12/h6-8,11,16H,4-5H2,1-3H3,(H,15,17)/t11-/m0/s1. The van der Waals surface area contributed by atoms with Crippen molar-refractivity contribution >= 4 is 5.91 Å². The average Bonchev–Trinajstić information content (AvgIpc) is 2.43. The zero-order valence-electron chi connectivity index (χ0n) is 11.8. The number of aliphatic hydroxyl groups is 1. The second-order valence-electron chi connectivity index (χ2n) is 4.84. The summed E-state index contributed by atoms with van der Waals surface area (Å²) in [5, 5.41) is 10.1. The summed E-state index contributed by atoms with van der Waals surface area (Å²) in [6.07, 6.45) is -0.420. The molecule has 0 saturated heterocycles. The van der Waals surface area contributed by atoms with Crippen LogP contribution in [0.25, 0.3) is 0 Å². The highest BCUT2D eigenvalue weighted by atomic mass is 16.7. The number of amides is 1. The summed E-state index contributed by atoms with van der Waals surface area (Å²) in [7, 11) is 1.51. The Morgan fingerprint density at radius 2 is 2.25 bits per heavy atom. The number of nitrogens with one attached hydrogen (secondary N) is 1. The topological polar surface area (TPSA) is 77.0 Å². The van der Waals surface area contributed by atoms with E-state index in [9.17, 15) is 9.90 Å². The molecule has 1 amide bonds. The van der Waals surface area contributed by atoms with Crippen LogP contribution in [0.5, 0.6) is 11.5 Å². The van der Waals surface area contributed by atoms with Crippen LogP contribution in [0, 0.1) is 0 Å². The maximum absolute atomic E-state index is 12.2. The van der Waals surface area contributed by atoms with Gasteiger partial charge in [-0.1, -0.05) is 0 Å². The van der Waals surface area contributed by atoms with Crippen molar-refractivity contribution < 1.29 is 24.2 Å². The fraction of sp³-hybridized carbons (Fsp3) is 0.500. The second kappa shape index (κ2) is 6.11. The molecular weight excluding hydrogens is 262 g/mol. The predicted octanol–water partition coefficient (Wildman–Crippen LogP) is 1.58. The van der Waals surface area contributed by atoms with Crippen LogP contribution >= 0.6 is 0 Å². The first kappa shape index (κ1) is 14.6. The molecule has 2 rings (SSSR count). The van der Waals surface area contributed by atoms with Crippen molar-refractivity contribution in [1.29, 1.82) is 0 Å². The van der Waals surface area contributed by atoms with E-state index in [1.165, 1.54) is 7.11 Å². The Morgan fingerprint density at radius 3 is 2.90 bits per heavy atom. The summed E-state index contributed by atoms with van der Waals surface area (Å²) in [6, 6.07) is 3.23. The Kier molecular flexibility index (Phi) is 4.46. The normalized spacial score (nSPS) is 17.4. The highest BCUT2D eigenvalue weighted by Crippen LogP contribution is 2.37. The predicted molar refractivity (Wildman–Crippen MR) is 71.8 cm³/mol. The van der Waals surface area contributed by atoms with Gasteiger partial charge in [0.2, 0.25) is 0 Å². The van der Waals surface area contributed by atoms with Gasteiger partial charge < -0.3 is 14.6 Å². The molecule has 1 atom stereocenters. The minimum Gasteiger partial charge on any atom is -0.497 e. The zero-order valence-corrected chi connectivity index (χ0v) is 11.8. The van der Waals surface area contributed by atoms with Gasteiger partial charge in [0.25, 0.3) is 5.91 Å². The number of carbonyl (C=O) groups is 1. The lowest BCUT2D eigenvalue weighted by Gasteiger charge is -2.25. The van der Waals surface area contributed by atoms with Crippen LogP contribution in [-0.2, 0) is 4.84 Å². The molecule has 0 spiro atoms. The molecule has 1 aromatic carbocycles. The Hall–Kier alpha value is -1.79. The fourth-order valence-corrected chi connectivity index (χ4v) is 2.02. The van der Waals surface area contributed by atoms with E-state index in [4.69, 9.17) is 14.3 Å². The fourth-order valence-electron chi connectivity index (χ4n) is 2.02. The van der Waals surface area contributed by atoms with Crippen molar-refractivity contribution in [3.63, 3.8) is 0 Å². The summed E-state index contributed by atoms with van der Waals surface area (Å²) in [5.41, 5.74) is 3.13. The van der Waals surface area contributed by atoms with Gasteiger partial charge in [0.1, 0.15) is 11.5 Å². The van der Waals surface area contributed by atoms with Gasteiger partial charge in [-0.15, -0.1) is 0 Å². The molecule has 0 aromatic heterocycles. The number of carbonyl (C=O) groups excluding carboxylic acids is 1. The number of hydrogen-bond acceptors (Lipinski definition) is 5. The van der Waals surface area contributed by atoms with Gasteiger partial charge in [0, 0.05) is 18.1 Å². The van der Waals surface area contributed by atoms with Crippen molar-refractivity contribution in [3.8, 4) is 11.5 Å². The zero-order chi connectivity index (χ0) is 14.7. The number of methoxy groups -OCH3 is 1. The minimum atomic E-state index is -0.732. The van der Waals surface area contributed by atoms with Crippen LogP contribution in [0.2, 0.25) is 0 Å². The van der Waals surface area contributed by atoms with Crippen LogP contribution in [0.3, 0.4) is 0 Å². The van der Waals surface area contributed by atoms with Gasteiger partial charge in [0.15, 0.2) is 0 Å². The van der Waals surface area contributed by atoms with Crippen LogP contribution in [0.1, 0.15) is 42.3 Å². The van der Waals surface area contributed by atoms with Crippen molar-refractivity contribution in [2.24, 2.45) is 0 Å². The molecule has 20 heavy (non-hydrogen) atoms. The maximum Gasteiger partial charge on any atom is 0.275 e. The average molecular weight is 281 g/mol. The van der Waals surface area contributed by atoms with Gasteiger partial charge in [-0.2, -0.15) is 0 Å². The van der Waals surface area contributed by atoms with Gasteiger partial charge >= 0.3 is 0 Å². The SMILES string of the molecule is COc1cc2c(c(C(=O)NOC(C)C)c1)[C@@H](O)CCO2. The molecule has 0 aliphatic carbocycles. The highest BCUT2D eigenvalue weighted by Gasteiger charge is 2.27. The summed E-state index contributed by atoms with van der Waals surface area (Å²) in [4.78, 5) is 17.3. The molecular formula is C14H19NO5. The summed E-state index contributed by atoms with van der Waals surface area (Å²) < 4.78 is 10.6. The van der Waals surface area contributed by atoms with E-state index < -0.39 is 12.0 Å². The molecule has 6 heteroatoms. The number of ether oxygens (including phenoxy) is 2. The molecule has 2 N–H and O–H groups in total. The van der Waals surface area contributed by atoms with Gasteiger partial charge in [-0.3, -0.25) is 9.63 Å². The molecule has 1 heterocycles. The first-order chi connectivity index (χ1) is 9.52. The number of benzene rings is 1. The number of hydroxylamine groups is 1. The van der Waals surface area contributed by atoms with Gasteiger partial charge in [0.05, 0.1) is 31.5 Å². The van der Waals surface area contributed by atoms with Crippen LogP contribution < -0.4 is 15.0 Å². The lowest BCUT2D eigenvalue weighted by atomic mass is 9.96. The van der Waals surface area contributed by atoms with Crippen molar-refractivity contribution in [3.05, 3.63) is 23.3 Å². The lowest BCUT2D eigenvalue weighted by molar-refractivity contribution is -0.000242. The van der Waals surface area contributed by atoms with E-state index in [2.05, 4.69) is 5.48 Å². The van der Waals surface area contributed by atoms with E-state index in [1.807, 2.05) is 0 Å². The van der Waals surface area contributed by atoms with Gasteiger partial charge in [-0.05, 0) is 19.9 Å². The first-order valence-corrected chi connectivity index (χ1v) is 6.51. The molecule has 0 unspecified atom stereocenters. The van der Waals surface area contributed by atoms with Crippen LogP contribution in [0.4, 0.5) is 0 Å². The Bertz CT molecular complexity index is 501. The molecule has 0 saturated carbocycles.